The molecule has 0 bridgehead atoms. The highest BCUT2D eigenvalue weighted by Gasteiger charge is 2.26. The molecule has 0 aromatic heterocycles. The van der Waals surface area contributed by atoms with Crippen molar-refractivity contribution in [3.05, 3.63) is 12.2 Å². The van der Waals surface area contributed by atoms with E-state index in [1.165, 1.54) is 57.8 Å². The van der Waals surface area contributed by atoms with Gasteiger partial charge in [-0.15, -0.1) is 0 Å². The van der Waals surface area contributed by atoms with Crippen molar-refractivity contribution in [2.75, 3.05) is 40.9 Å². The molecule has 0 aromatic carbocycles. The minimum absolute atomic E-state index is 0.0600. The van der Waals surface area contributed by atoms with Crippen LogP contribution in [0, 0.1) is 0 Å². The normalized spacial score (nSPS) is 15.9. The molecule has 0 radical (unpaired) electrons. The number of rotatable bonds is 23. The molecule has 1 unspecified atom stereocenters. The summed E-state index contributed by atoms with van der Waals surface area (Å²) in [5.41, 5.74) is 0. The fourth-order valence-corrected chi connectivity index (χ4v) is 4.01. The smallest absolute Gasteiger partial charge is 0.387 e. The maximum atomic E-state index is 12.0. The standard InChI is InChI=1S/C24H49N2O6P/c1-5-6-7-8-9-10-11-12-13-14-15-16-17-18-24(28)23(25-22-27)21-32-33(29,30)31-20-19-26(2,3)4/h17-18,22-24,28H,5-16,19-21H2,1-4H3,(H-,25,27,29,30)/p+1/b18-17+/t23-,24-/m0/s1. The third kappa shape index (κ3) is 21.5. The van der Waals surface area contributed by atoms with E-state index in [4.69, 9.17) is 9.05 Å². The molecular weight excluding hydrogens is 443 g/mol. The first-order valence-electron chi connectivity index (χ1n) is 12.6. The maximum absolute atomic E-state index is 12.0. The number of aliphatic hydroxyl groups is 1. The molecular formula is C24H50N2O6P+. The van der Waals surface area contributed by atoms with E-state index in [0.29, 0.717) is 17.4 Å². The molecule has 3 atom stereocenters. The Hall–Kier alpha value is -0.760. The fourth-order valence-electron chi connectivity index (χ4n) is 3.27. The number of carbonyl (C=O) groups excluding carboxylic acids is 1. The van der Waals surface area contributed by atoms with Crippen molar-refractivity contribution >= 4 is 14.2 Å². The molecule has 0 heterocycles. The van der Waals surface area contributed by atoms with Gasteiger partial charge >= 0.3 is 7.82 Å². The number of nitrogens with one attached hydrogen (secondary N) is 1. The van der Waals surface area contributed by atoms with E-state index >= 15 is 0 Å². The summed E-state index contributed by atoms with van der Waals surface area (Å²) in [7, 11) is 1.56. The topological polar surface area (TPSA) is 105 Å². The second-order valence-electron chi connectivity index (χ2n) is 9.75. The van der Waals surface area contributed by atoms with Crippen molar-refractivity contribution < 1.29 is 32.9 Å². The molecule has 0 aromatic rings. The summed E-state index contributed by atoms with van der Waals surface area (Å²) < 4.78 is 22.5. The number of quaternary nitrogens is 1. The summed E-state index contributed by atoms with van der Waals surface area (Å²) in [6, 6.07) is -0.835. The zero-order valence-corrected chi connectivity index (χ0v) is 22.3. The van der Waals surface area contributed by atoms with Crippen LogP contribution in [0.25, 0.3) is 0 Å². The van der Waals surface area contributed by atoms with Gasteiger partial charge in [-0.2, -0.15) is 0 Å². The molecule has 9 heteroatoms. The Labute approximate surface area is 201 Å². The Morgan fingerprint density at radius 3 is 2.00 bits per heavy atom. The number of hydrogen-bond donors (Lipinski definition) is 3. The molecule has 0 aliphatic carbocycles. The fraction of sp³-hybridized carbons (Fsp3) is 0.875. The van der Waals surface area contributed by atoms with Crippen molar-refractivity contribution in [1.29, 1.82) is 0 Å². The monoisotopic (exact) mass is 493 g/mol. The quantitative estimate of drug-likeness (QED) is 0.0634. The Balaban J connectivity index is 4.03. The largest absolute Gasteiger partial charge is 0.472 e. The SMILES string of the molecule is CCCCCCCCCCCCC/C=C/[C@H](O)[C@H](COP(=O)(O)OCC[N+](C)(C)C)NC=O. The lowest BCUT2D eigenvalue weighted by atomic mass is 10.0. The molecule has 0 saturated heterocycles. The van der Waals surface area contributed by atoms with Crippen LogP contribution in [-0.2, 0) is 18.4 Å². The number of amides is 1. The van der Waals surface area contributed by atoms with E-state index in [-0.39, 0.29) is 13.2 Å². The van der Waals surface area contributed by atoms with Gasteiger partial charge in [0.2, 0.25) is 6.41 Å². The number of aliphatic hydroxyl groups excluding tert-OH is 1. The Bertz CT molecular complexity index is 554. The third-order valence-corrected chi connectivity index (χ3v) is 6.42. The van der Waals surface area contributed by atoms with Crippen LogP contribution in [0.3, 0.4) is 0 Å². The average molecular weight is 494 g/mol. The number of allylic oxidation sites excluding steroid dienone is 1. The molecule has 196 valence electrons. The van der Waals surface area contributed by atoms with Gasteiger partial charge in [0.1, 0.15) is 13.2 Å². The predicted molar refractivity (Wildman–Crippen MR) is 134 cm³/mol. The first kappa shape index (κ1) is 32.2. The van der Waals surface area contributed by atoms with Crippen molar-refractivity contribution in [3.8, 4) is 0 Å². The van der Waals surface area contributed by atoms with Gasteiger partial charge < -0.3 is 19.8 Å². The van der Waals surface area contributed by atoms with Crippen LogP contribution in [0.1, 0.15) is 84.0 Å². The van der Waals surface area contributed by atoms with Gasteiger partial charge in [-0.05, 0) is 12.8 Å². The lowest BCUT2D eigenvalue weighted by molar-refractivity contribution is -0.870. The highest BCUT2D eigenvalue weighted by Crippen LogP contribution is 2.43. The molecule has 0 aliphatic heterocycles. The van der Waals surface area contributed by atoms with E-state index < -0.39 is 20.0 Å². The summed E-state index contributed by atoms with van der Waals surface area (Å²) in [5, 5.41) is 12.7. The molecule has 0 saturated carbocycles. The van der Waals surface area contributed by atoms with Crippen molar-refractivity contribution in [2.45, 2.75) is 96.1 Å². The van der Waals surface area contributed by atoms with Gasteiger partial charge in [0.25, 0.3) is 0 Å². The number of hydrogen-bond acceptors (Lipinski definition) is 5. The molecule has 0 aliphatic rings. The van der Waals surface area contributed by atoms with Crippen LogP contribution >= 0.6 is 7.82 Å². The maximum Gasteiger partial charge on any atom is 0.472 e. The lowest BCUT2D eigenvalue weighted by Gasteiger charge is -2.24. The average Bonchev–Trinajstić information content (AvgIpc) is 2.73. The van der Waals surface area contributed by atoms with E-state index in [1.807, 2.05) is 27.2 Å². The van der Waals surface area contributed by atoms with E-state index in [1.54, 1.807) is 6.08 Å². The summed E-state index contributed by atoms with van der Waals surface area (Å²) in [4.78, 5) is 20.6. The highest BCUT2D eigenvalue weighted by atomic mass is 31.2. The summed E-state index contributed by atoms with van der Waals surface area (Å²) in [5.74, 6) is 0. The van der Waals surface area contributed by atoms with Crippen LogP contribution < -0.4 is 5.32 Å². The molecule has 3 N–H and O–H groups in total. The van der Waals surface area contributed by atoms with Gasteiger partial charge in [-0.25, -0.2) is 4.57 Å². The van der Waals surface area contributed by atoms with E-state index in [2.05, 4.69) is 12.2 Å². The van der Waals surface area contributed by atoms with Gasteiger partial charge in [0, 0.05) is 0 Å². The molecule has 0 spiro atoms. The zero-order valence-electron chi connectivity index (χ0n) is 21.4. The Morgan fingerprint density at radius 2 is 1.48 bits per heavy atom. The number of carbonyl (C=O) groups is 1. The van der Waals surface area contributed by atoms with Crippen LogP contribution in [0.15, 0.2) is 12.2 Å². The Morgan fingerprint density at radius 1 is 0.939 bits per heavy atom. The van der Waals surface area contributed by atoms with Gasteiger partial charge in [0.05, 0.1) is 39.9 Å². The highest BCUT2D eigenvalue weighted by molar-refractivity contribution is 7.47. The second-order valence-corrected chi connectivity index (χ2v) is 11.2. The first-order chi connectivity index (χ1) is 15.6. The molecule has 0 rings (SSSR count). The van der Waals surface area contributed by atoms with Crippen LogP contribution in [-0.4, -0.2) is 73.9 Å². The number of likely N-dealkylation sites (N-methyl/N-ethyl adjacent to an activating group) is 1. The lowest BCUT2D eigenvalue weighted by Crippen LogP contribution is -2.41. The van der Waals surface area contributed by atoms with E-state index in [9.17, 15) is 19.4 Å². The minimum atomic E-state index is -4.26. The van der Waals surface area contributed by atoms with Gasteiger partial charge in [0.15, 0.2) is 0 Å². The van der Waals surface area contributed by atoms with Gasteiger partial charge in [-0.3, -0.25) is 13.8 Å². The Kier molecular flexibility index (Phi) is 19.1. The first-order valence-corrected chi connectivity index (χ1v) is 14.1. The number of unbranched alkanes of at least 4 members (excludes halogenated alkanes) is 11. The summed E-state index contributed by atoms with van der Waals surface area (Å²) in [6.07, 6.45) is 17.9. The van der Waals surface area contributed by atoms with Crippen molar-refractivity contribution in [2.24, 2.45) is 0 Å². The minimum Gasteiger partial charge on any atom is -0.387 e. The second kappa shape index (κ2) is 19.5. The molecule has 1 amide bonds. The molecule has 8 nitrogen and oxygen atoms in total. The predicted octanol–water partition coefficient (Wildman–Crippen LogP) is 4.56. The van der Waals surface area contributed by atoms with Crippen molar-refractivity contribution in [3.63, 3.8) is 0 Å². The zero-order chi connectivity index (χ0) is 25.0. The molecule has 33 heavy (non-hydrogen) atoms. The van der Waals surface area contributed by atoms with E-state index in [0.717, 1.165) is 19.3 Å². The van der Waals surface area contributed by atoms with Gasteiger partial charge in [-0.1, -0.05) is 83.3 Å². The van der Waals surface area contributed by atoms with Crippen molar-refractivity contribution in [1.82, 2.24) is 5.32 Å². The number of phosphoric ester groups is 1. The number of phosphoric acid groups is 1. The molecule has 0 fully saturated rings. The van der Waals surface area contributed by atoms with Crippen LogP contribution in [0.4, 0.5) is 0 Å². The van der Waals surface area contributed by atoms with Crippen LogP contribution in [0.2, 0.25) is 0 Å². The van der Waals surface area contributed by atoms with Crippen LogP contribution in [0.5, 0.6) is 0 Å². The third-order valence-electron chi connectivity index (χ3n) is 5.44. The summed E-state index contributed by atoms with van der Waals surface area (Å²) in [6.45, 7) is 2.51. The summed E-state index contributed by atoms with van der Waals surface area (Å²) >= 11 is 0. The number of nitrogens with zero attached hydrogens (tertiary/aromatic N) is 1.